The van der Waals surface area contributed by atoms with E-state index in [9.17, 15) is 4.79 Å². The summed E-state index contributed by atoms with van der Waals surface area (Å²) >= 11 is 0. The highest BCUT2D eigenvalue weighted by Gasteiger charge is 2.08. The van der Waals surface area contributed by atoms with E-state index in [0.717, 1.165) is 24.4 Å². The molecule has 0 aliphatic carbocycles. The number of nitrogens with zero attached hydrogens (tertiary/aromatic N) is 2. The molecule has 2 aromatic heterocycles. The van der Waals surface area contributed by atoms with E-state index in [4.69, 9.17) is 10.1 Å². The van der Waals surface area contributed by atoms with E-state index >= 15 is 0 Å². The van der Waals surface area contributed by atoms with E-state index in [1.54, 1.807) is 0 Å². The van der Waals surface area contributed by atoms with Gasteiger partial charge in [0.1, 0.15) is 5.82 Å². The van der Waals surface area contributed by atoms with Crippen LogP contribution in [0.5, 0.6) is 0 Å². The zero-order valence-corrected chi connectivity index (χ0v) is 12.9. The van der Waals surface area contributed by atoms with Gasteiger partial charge in [0.2, 0.25) is 0 Å². The second kappa shape index (κ2) is 6.57. The quantitative estimate of drug-likeness (QED) is 0.826. The van der Waals surface area contributed by atoms with Crippen LogP contribution < -0.4 is 0 Å². The molecule has 112 valence electrons. The third-order valence-corrected chi connectivity index (χ3v) is 3.58. The molecular formula is C17H22N2O2. The Morgan fingerprint density at radius 1 is 1.14 bits per heavy atom. The van der Waals surface area contributed by atoms with Gasteiger partial charge in [-0.25, -0.2) is 4.98 Å². The van der Waals surface area contributed by atoms with Crippen molar-refractivity contribution in [3.8, 4) is 5.82 Å². The van der Waals surface area contributed by atoms with Gasteiger partial charge in [0, 0.05) is 23.5 Å². The SMILES string of the molecule is Cc1cc(CCCCC(=O)O)nc(-n2c(C)ccc2C)c1. The normalized spacial score (nSPS) is 10.8. The number of unbranched alkanes of at least 4 members (excludes halogenated alkanes) is 1. The van der Waals surface area contributed by atoms with Crippen molar-refractivity contribution in [3.63, 3.8) is 0 Å². The van der Waals surface area contributed by atoms with Crippen LogP contribution in [0.4, 0.5) is 0 Å². The van der Waals surface area contributed by atoms with Crippen LogP contribution in [-0.4, -0.2) is 20.6 Å². The van der Waals surface area contributed by atoms with Crippen LogP contribution in [0.2, 0.25) is 0 Å². The highest BCUT2D eigenvalue weighted by molar-refractivity contribution is 5.66. The lowest BCUT2D eigenvalue weighted by atomic mass is 10.1. The van der Waals surface area contributed by atoms with Crippen LogP contribution in [0, 0.1) is 20.8 Å². The number of hydrogen-bond donors (Lipinski definition) is 1. The Morgan fingerprint density at radius 3 is 2.43 bits per heavy atom. The lowest BCUT2D eigenvalue weighted by Crippen LogP contribution is -2.05. The standard InChI is InChI=1S/C17H22N2O2/c1-12-10-15(6-4-5-7-17(20)21)18-16(11-12)19-13(2)8-9-14(19)3/h8-11H,4-7H2,1-3H3,(H,20,21). The minimum absolute atomic E-state index is 0.231. The Hall–Kier alpha value is -2.10. The molecule has 0 aliphatic heterocycles. The average molecular weight is 286 g/mol. The van der Waals surface area contributed by atoms with Crippen LogP contribution in [0.25, 0.3) is 5.82 Å². The number of carboxylic acid groups (broad SMARTS) is 1. The minimum Gasteiger partial charge on any atom is -0.481 e. The lowest BCUT2D eigenvalue weighted by molar-refractivity contribution is -0.137. The Morgan fingerprint density at radius 2 is 1.81 bits per heavy atom. The molecule has 0 aromatic carbocycles. The second-order valence-corrected chi connectivity index (χ2v) is 5.55. The zero-order valence-electron chi connectivity index (χ0n) is 12.9. The number of aliphatic carboxylic acids is 1. The maximum absolute atomic E-state index is 10.5. The molecule has 2 aromatic rings. The van der Waals surface area contributed by atoms with Gasteiger partial charge in [-0.2, -0.15) is 0 Å². The van der Waals surface area contributed by atoms with E-state index in [-0.39, 0.29) is 6.42 Å². The van der Waals surface area contributed by atoms with Crippen LogP contribution in [0.1, 0.15) is 41.9 Å². The summed E-state index contributed by atoms with van der Waals surface area (Å²) in [6.07, 6.45) is 2.60. The summed E-state index contributed by atoms with van der Waals surface area (Å²) in [7, 11) is 0. The molecule has 2 heterocycles. The molecule has 0 amide bonds. The first kappa shape index (κ1) is 15.3. The summed E-state index contributed by atoms with van der Waals surface area (Å²) in [6, 6.07) is 8.34. The summed E-state index contributed by atoms with van der Waals surface area (Å²) < 4.78 is 2.15. The largest absolute Gasteiger partial charge is 0.481 e. The molecule has 0 spiro atoms. The molecule has 2 rings (SSSR count). The Balaban J connectivity index is 2.16. The monoisotopic (exact) mass is 286 g/mol. The van der Waals surface area contributed by atoms with Gasteiger partial charge in [-0.05, 0) is 69.9 Å². The molecule has 0 bridgehead atoms. The Kier molecular flexibility index (Phi) is 4.78. The van der Waals surface area contributed by atoms with Crippen molar-refractivity contribution in [1.29, 1.82) is 0 Å². The number of pyridine rings is 1. The fraction of sp³-hybridized carbons (Fsp3) is 0.412. The summed E-state index contributed by atoms with van der Waals surface area (Å²) in [5.41, 5.74) is 4.55. The molecule has 0 saturated carbocycles. The lowest BCUT2D eigenvalue weighted by Gasteiger charge is -2.11. The molecule has 0 radical (unpaired) electrons. The highest BCUT2D eigenvalue weighted by Crippen LogP contribution is 2.17. The van der Waals surface area contributed by atoms with Gasteiger partial charge in [-0.1, -0.05) is 0 Å². The van der Waals surface area contributed by atoms with E-state index in [1.165, 1.54) is 17.0 Å². The van der Waals surface area contributed by atoms with Crippen molar-refractivity contribution in [2.45, 2.75) is 46.5 Å². The van der Waals surface area contributed by atoms with Crippen molar-refractivity contribution in [2.75, 3.05) is 0 Å². The predicted molar refractivity (Wildman–Crippen MR) is 83.0 cm³/mol. The smallest absolute Gasteiger partial charge is 0.303 e. The molecule has 0 aliphatic rings. The third-order valence-electron chi connectivity index (χ3n) is 3.58. The number of aryl methyl sites for hydroxylation is 4. The molecule has 21 heavy (non-hydrogen) atoms. The van der Waals surface area contributed by atoms with Crippen LogP contribution in [0.15, 0.2) is 24.3 Å². The van der Waals surface area contributed by atoms with Gasteiger partial charge >= 0.3 is 5.97 Å². The first-order chi connectivity index (χ1) is 9.97. The van der Waals surface area contributed by atoms with Gasteiger partial charge in [0.25, 0.3) is 0 Å². The van der Waals surface area contributed by atoms with Gasteiger partial charge in [-0.15, -0.1) is 0 Å². The predicted octanol–water partition coefficient (Wildman–Crippen LogP) is 3.59. The first-order valence-electron chi connectivity index (χ1n) is 7.32. The number of carbonyl (C=O) groups is 1. The second-order valence-electron chi connectivity index (χ2n) is 5.55. The maximum atomic E-state index is 10.5. The first-order valence-corrected chi connectivity index (χ1v) is 7.32. The van der Waals surface area contributed by atoms with Crippen molar-refractivity contribution in [2.24, 2.45) is 0 Å². The third kappa shape index (κ3) is 3.94. The fourth-order valence-corrected chi connectivity index (χ4v) is 2.57. The molecule has 0 atom stereocenters. The van der Waals surface area contributed by atoms with E-state index in [1.807, 2.05) is 0 Å². The molecule has 0 fully saturated rings. The van der Waals surface area contributed by atoms with Crippen LogP contribution >= 0.6 is 0 Å². The van der Waals surface area contributed by atoms with Crippen molar-refractivity contribution in [1.82, 2.24) is 9.55 Å². The van der Waals surface area contributed by atoms with E-state index < -0.39 is 5.97 Å². The summed E-state index contributed by atoms with van der Waals surface area (Å²) in [5.74, 6) is 0.217. The van der Waals surface area contributed by atoms with Gasteiger partial charge < -0.3 is 9.67 Å². The number of carboxylic acids is 1. The van der Waals surface area contributed by atoms with Crippen molar-refractivity contribution >= 4 is 5.97 Å². The zero-order chi connectivity index (χ0) is 15.4. The highest BCUT2D eigenvalue weighted by atomic mass is 16.4. The molecule has 4 heteroatoms. The number of rotatable bonds is 6. The van der Waals surface area contributed by atoms with Crippen LogP contribution in [0.3, 0.4) is 0 Å². The van der Waals surface area contributed by atoms with E-state index in [2.05, 4.69) is 49.6 Å². The molecule has 0 saturated heterocycles. The van der Waals surface area contributed by atoms with Gasteiger partial charge in [0.05, 0.1) is 0 Å². The topological polar surface area (TPSA) is 55.1 Å². The maximum Gasteiger partial charge on any atom is 0.303 e. The van der Waals surface area contributed by atoms with E-state index in [0.29, 0.717) is 6.42 Å². The molecule has 4 nitrogen and oxygen atoms in total. The minimum atomic E-state index is -0.730. The Labute approximate surface area is 125 Å². The molecular weight excluding hydrogens is 264 g/mol. The fourth-order valence-electron chi connectivity index (χ4n) is 2.57. The van der Waals surface area contributed by atoms with Gasteiger partial charge in [0.15, 0.2) is 0 Å². The average Bonchev–Trinajstić information content (AvgIpc) is 2.73. The molecule has 1 N–H and O–H groups in total. The van der Waals surface area contributed by atoms with Gasteiger partial charge in [-0.3, -0.25) is 4.79 Å². The summed E-state index contributed by atoms with van der Waals surface area (Å²) in [6.45, 7) is 6.22. The summed E-state index contributed by atoms with van der Waals surface area (Å²) in [4.78, 5) is 15.3. The number of hydrogen-bond acceptors (Lipinski definition) is 2. The van der Waals surface area contributed by atoms with Crippen LogP contribution in [-0.2, 0) is 11.2 Å². The van der Waals surface area contributed by atoms with Crippen molar-refractivity contribution < 1.29 is 9.90 Å². The van der Waals surface area contributed by atoms with Crippen molar-refractivity contribution in [3.05, 3.63) is 46.9 Å². The number of aromatic nitrogens is 2. The summed E-state index contributed by atoms with van der Waals surface area (Å²) in [5, 5.41) is 8.67. The Bertz CT molecular complexity index is 625. The molecule has 0 unspecified atom stereocenters.